The zero-order chi connectivity index (χ0) is 23.9. The third kappa shape index (κ3) is 5.91. The van der Waals surface area contributed by atoms with Crippen molar-refractivity contribution in [1.29, 1.82) is 0 Å². The van der Waals surface area contributed by atoms with E-state index in [1.54, 1.807) is 7.11 Å². The molecule has 9 nitrogen and oxygen atoms in total. The molecule has 0 bridgehead atoms. The second-order valence-corrected chi connectivity index (χ2v) is 9.24. The van der Waals surface area contributed by atoms with Crippen molar-refractivity contribution in [2.75, 3.05) is 18.2 Å². The first-order chi connectivity index (χ1) is 16.6. The molecule has 2 amide bonds. The van der Waals surface area contributed by atoms with Crippen molar-refractivity contribution in [1.82, 2.24) is 25.1 Å². The maximum absolute atomic E-state index is 12.4. The number of amides is 2. The van der Waals surface area contributed by atoms with Gasteiger partial charge in [-0.2, -0.15) is 0 Å². The quantitative estimate of drug-likeness (QED) is 0.323. The standard InChI is InChI=1S/C23H24N6O3S2/c1-3-29-19(13-24-20(30)12-15-8-10-16(32-2)11-9-15)27-28-23(29)33-14-21(31)26-22-25-17-6-4-5-7-18(17)34-22/h4-11H,3,12-14H2,1-2H3,(H,24,30)(H,25,26,31). The van der Waals surface area contributed by atoms with Crippen molar-refractivity contribution in [3.63, 3.8) is 0 Å². The Morgan fingerprint density at radius 3 is 2.62 bits per heavy atom. The van der Waals surface area contributed by atoms with Gasteiger partial charge >= 0.3 is 0 Å². The van der Waals surface area contributed by atoms with Crippen LogP contribution in [0.1, 0.15) is 18.3 Å². The summed E-state index contributed by atoms with van der Waals surface area (Å²) >= 11 is 2.74. The van der Waals surface area contributed by atoms with Gasteiger partial charge in [0.15, 0.2) is 16.1 Å². The molecule has 2 N–H and O–H groups in total. The number of methoxy groups -OCH3 is 1. The van der Waals surface area contributed by atoms with E-state index >= 15 is 0 Å². The lowest BCUT2D eigenvalue weighted by Crippen LogP contribution is -2.26. The normalized spacial score (nSPS) is 10.9. The molecule has 0 fully saturated rings. The van der Waals surface area contributed by atoms with Gasteiger partial charge in [0.1, 0.15) is 5.75 Å². The zero-order valence-corrected chi connectivity index (χ0v) is 20.4. The van der Waals surface area contributed by atoms with Crippen LogP contribution in [0.4, 0.5) is 5.13 Å². The molecule has 0 radical (unpaired) electrons. The van der Waals surface area contributed by atoms with Crippen molar-refractivity contribution in [2.45, 2.75) is 31.6 Å². The molecule has 0 saturated heterocycles. The molecule has 34 heavy (non-hydrogen) atoms. The summed E-state index contributed by atoms with van der Waals surface area (Å²) in [6.45, 7) is 2.85. The number of carbonyl (C=O) groups excluding carboxylic acids is 2. The molecule has 0 aliphatic carbocycles. The van der Waals surface area contributed by atoms with Crippen LogP contribution >= 0.6 is 23.1 Å². The van der Waals surface area contributed by atoms with Crippen LogP contribution in [0.15, 0.2) is 53.7 Å². The SMILES string of the molecule is CCn1c(CNC(=O)Cc2ccc(OC)cc2)nnc1SCC(=O)Nc1nc2ccccc2s1. The van der Waals surface area contributed by atoms with Crippen molar-refractivity contribution in [3.8, 4) is 5.75 Å². The maximum atomic E-state index is 12.4. The molecule has 176 valence electrons. The number of carbonyl (C=O) groups is 2. The first-order valence-corrected chi connectivity index (χ1v) is 12.5. The average Bonchev–Trinajstić information content (AvgIpc) is 3.44. The summed E-state index contributed by atoms with van der Waals surface area (Å²) < 4.78 is 8.05. The van der Waals surface area contributed by atoms with Crippen LogP contribution in [-0.2, 0) is 29.1 Å². The average molecular weight is 497 g/mol. The van der Waals surface area contributed by atoms with E-state index in [1.807, 2.05) is 60.0 Å². The van der Waals surface area contributed by atoms with Crippen molar-refractivity contribution >= 4 is 50.3 Å². The summed E-state index contributed by atoms with van der Waals surface area (Å²) in [6.07, 6.45) is 0.262. The third-order valence-corrected chi connectivity index (χ3v) is 6.87. The monoisotopic (exact) mass is 496 g/mol. The highest BCUT2D eigenvalue weighted by Crippen LogP contribution is 2.26. The lowest BCUT2D eigenvalue weighted by molar-refractivity contribution is -0.120. The summed E-state index contributed by atoms with van der Waals surface area (Å²) in [5.41, 5.74) is 1.76. The minimum atomic E-state index is -0.163. The van der Waals surface area contributed by atoms with Gasteiger partial charge in [0.2, 0.25) is 11.8 Å². The number of para-hydroxylation sites is 1. The van der Waals surface area contributed by atoms with Crippen LogP contribution in [0, 0.1) is 0 Å². The summed E-state index contributed by atoms with van der Waals surface area (Å²) in [6, 6.07) is 15.1. The van der Waals surface area contributed by atoms with E-state index in [9.17, 15) is 9.59 Å². The predicted octanol–water partition coefficient (Wildman–Crippen LogP) is 3.51. The van der Waals surface area contributed by atoms with E-state index in [4.69, 9.17) is 4.74 Å². The molecule has 0 unspecified atom stereocenters. The van der Waals surface area contributed by atoms with E-state index in [0.717, 1.165) is 21.5 Å². The van der Waals surface area contributed by atoms with E-state index < -0.39 is 0 Å². The van der Waals surface area contributed by atoms with Gasteiger partial charge in [-0.1, -0.05) is 47.4 Å². The number of thioether (sulfide) groups is 1. The Hall–Kier alpha value is -3.44. The van der Waals surface area contributed by atoms with Gasteiger partial charge in [0.05, 0.1) is 36.0 Å². The number of ether oxygens (including phenoxy) is 1. The number of fused-ring (bicyclic) bond motifs is 1. The maximum Gasteiger partial charge on any atom is 0.236 e. The fourth-order valence-corrected chi connectivity index (χ4v) is 4.96. The highest BCUT2D eigenvalue weighted by Gasteiger charge is 2.15. The van der Waals surface area contributed by atoms with Crippen molar-refractivity contribution in [3.05, 3.63) is 59.9 Å². The summed E-state index contributed by atoms with van der Waals surface area (Å²) in [5.74, 6) is 1.29. The Balaban J connectivity index is 1.28. The molecule has 2 aromatic heterocycles. The number of thiazole rings is 1. The molecule has 0 atom stereocenters. The number of benzene rings is 2. The predicted molar refractivity (Wildman–Crippen MR) is 133 cm³/mol. The number of anilines is 1. The second-order valence-electron chi connectivity index (χ2n) is 7.27. The largest absolute Gasteiger partial charge is 0.497 e. The zero-order valence-electron chi connectivity index (χ0n) is 18.8. The van der Waals surface area contributed by atoms with Gasteiger partial charge in [-0.15, -0.1) is 10.2 Å². The smallest absolute Gasteiger partial charge is 0.236 e. The number of rotatable bonds is 10. The van der Waals surface area contributed by atoms with E-state index in [1.165, 1.54) is 23.1 Å². The molecule has 11 heteroatoms. The van der Waals surface area contributed by atoms with Crippen LogP contribution < -0.4 is 15.4 Å². The summed E-state index contributed by atoms with van der Waals surface area (Å²) in [4.78, 5) is 29.2. The first-order valence-electron chi connectivity index (χ1n) is 10.7. The van der Waals surface area contributed by atoms with Gasteiger partial charge in [0, 0.05) is 6.54 Å². The van der Waals surface area contributed by atoms with Crippen LogP contribution in [0.25, 0.3) is 10.2 Å². The Labute approximate surface area is 204 Å². The molecule has 2 aromatic carbocycles. The minimum absolute atomic E-state index is 0.111. The first kappa shape index (κ1) is 23.7. The Morgan fingerprint density at radius 1 is 1.09 bits per heavy atom. The van der Waals surface area contributed by atoms with Crippen LogP contribution in [0.2, 0.25) is 0 Å². The number of hydrogen-bond acceptors (Lipinski definition) is 8. The molecule has 0 aliphatic heterocycles. The van der Waals surface area contributed by atoms with Gasteiger partial charge in [-0.25, -0.2) is 4.98 Å². The van der Waals surface area contributed by atoms with Gasteiger partial charge in [-0.05, 0) is 36.8 Å². The third-order valence-electron chi connectivity index (χ3n) is 4.95. The number of nitrogens with one attached hydrogen (secondary N) is 2. The molecular formula is C23H24N6O3S2. The van der Waals surface area contributed by atoms with Crippen LogP contribution in [0.3, 0.4) is 0 Å². The fourth-order valence-electron chi connectivity index (χ4n) is 3.25. The molecule has 0 spiro atoms. The molecule has 4 rings (SSSR count). The molecule has 2 heterocycles. The fraction of sp³-hybridized carbons (Fsp3) is 0.261. The number of nitrogens with zero attached hydrogens (tertiary/aromatic N) is 4. The highest BCUT2D eigenvalue weighted by molar-refractivity contribution is 7.99. The van der Waals surface area contributed by atoms with Crippen molar-refractivity contribution in [2.24, 2.45) is 0 Å². The number of hydrogen-bond donors (Lipinski definition) is 2. The van der Waals surface area contributed by atoms with E-state index in [-0.39, 0.29) is 30.5 Å². The Morgan fingerprint density at radius 2 is 1.88 bits per heavy atom. The van der Waals surface area contributed by atoms with Gasteiger partial charge < -0.3 is 19.9 Å². The topological polar surface area (TPSA) is 111 Å². The lowest BCUT2D eigenvalue weighted by Gasteiger charge is -2.09. The summed E-state index contributed by atoms with van der Waals surface area (Å²) in [7, 11) is 1.60. The van der Waals surface area contributed by atoms with Gasteiger partial charge in [-0.3, -0.25) is 9.59 Å². The van der Waals surface area contributed by atoms with Crippen LogP contribution in [0.5, 0.6) is 5.75 Å². The van der Waals surface area contributed by atoms with Crippen LogP contribution in [-0.4, -0.2) is 44.4 Å². The lowest BCUT2D eigenvalue weighted by atomic mass is 10.1. The molecular weight excluding hydrogens is 472 g/mol. The Bertz CT molecular complexity index is 1250. The molecule has 4 aromatic rings. The number of aromatic nitrogens is 4. The minimum Gasteiger partial charge on any atom is -0.497 e. The second kappa shape index (κ2) is 11.1. The Kier molecular flexibility index (Phi) is 7.76. The molecule has 0 aliphatic rings. The molecule has 0 saturated carbocycles. The van der Waals surface area contributed by atoms with E-state index in [0.29, 0.717) is 22.7 Å². The summed E-state index contributed by atoms with van der Waals surface area (Å²) in [5, 5.41) is 15.3. The van der Waals surface area contributed by atoms with E-state index in [2.05, 4.69) is 25.8 Å². The van der Waals surface area contributed by atoms with Crippen molar-refractivity contribution < 1.29 is 14.3 Å². The van der Waals surface area contributed by atoms with Gasteiger partial charge in [0.25, 0.3) is 0 Å². The highest BCUT2D eigenvalue weighted by atomic mass is 32.2.